The number of hydrogen-bond acceptors (Lipinski definition) is 2. The highest BCUT2D eigenvalue weighted by atomic mass is 16.2. The van der Waals surface area contributed by atoms with Crippen molar-refractivity contribution in [3.8, 4) is 0 Å². The maximum atomic E-state index is 11.5. The minimum Gasteiger partial charge on any atom is -0.350 e. The number of carbonyl (C=O) groups excluding carboxylic acids is 2. The Balaban J connectivity index is 2.55. The first-order chi connectivity index (χ1) is 6.90. The van der Waals surface area contributed by atoms with Crippen molar-refractivity contribution in [2.75, 3.05) is 0 Å². The van der Waals surface area contributed by atoms with Gasteiger partial charge in [-0.3, -0.25) is 9.59 Å². The molecule has 4 nitrogen and oxygen atoms in total. The quantitative estimate of drug-likeness (QED) is 0.759. The van der Waals surface area contributed by atoms with Crippen LogP contribution in [-0.2, 0) is 11.3 Å². The first-order valence-electron chi connectivity index (χ1n) is 4.83. The van der Waals surface area contributed by atoms with Gasteiger partial charge in [-0.25, -0.2) is 0 Å². The standard InChI is InChI=1S/C11H16N2O2/c1-11(2,3)12-10(15)7-13-5-4-9(6-13)8-14/h4-6,8H,7H2,1-3H3,(H,12,15). The van der Waals surface area contributed by atoms with Gasteiger partial charge >= 0.3 is 0 Å². The van der Waals surface area contributed by atoms with Crippen LogP contribution in [0.3, 0.4) is 0 Å². The summed E-state index contributed by atoms with van der Waals surface area (Å²) in [6, 6.07) is 1.68. The van der Waals surface area contributed by atoms with Crippen LogP contribution in [0.25, 0.3) is 0 Å². The largest absolute Gasteiger partial charge is 0.350 e. The zero-order valence-electron chi connectivity index (χ0n) is 9.28. The van der Waals surface area contributed by atoms with Crippen LogP contribution >= 0.6 is 0 Å². The van der Waals surface area contributed by atoms with E-state index in [1.54, 1.807) is 23.0 Å². The summed E-state index contributed by atoms with van der Waals surface area (Å²) in [7, 11) is 0. The Morgan fingerprint density at radius 2 is 2.20 bits per heavy atom. The molecule has 1 N–H and O–H groups in total. The molecular formula is C11H16N2O2. The van der Waals surface area contributed by atoms with Gasteiger partial charge in [0.05, 0.1) is 0 Å². The average Bonchev–Trinajstić information content (AvgIpc) is 2.48. The van der Waals surface area contributed by atoms with Gasteiger partial charge in [0.15, 0.2) is 6.29 Å². The molecule has 0 unspecified atom stereocenters. The van der Waals surface area contributed by atoms with Gasteiger partial charge < -0.3 is 9.88 Å². The van der Waals surface area contributed by atoms with Crippen molar-refractivity contribution in [3.05, 3.63) is 24.0 Å². The van der Waals surface area contributed by atoms with Gasteiger partial charge in [-0.15, -0.1) is 0 Å². The third kappa shape index (κ3) is 3.97. The number of aldehydes is 1. The average molecular weight is 208 g/mol. The van der Waals surface area contributed by atoms with Crippen molar-refractivity contribution < 1.29 is 9.59 Å². The number of aromatic nitrogens is 1. The van der Waals surface area contributed by atoms with E-state index in [2.05, 4.69) is 5.32 Å². The van der Waals surface area contributed by atoms with Gasteiger partial charge in [0, 0.05) is 23.5 Å². The van der Waals surface area contributed by atoms with Crippen LogP contribution in [0.5, 0.6) is 0 Å². The summed E-state index contributed by atoms with van der Waals surface area (Å²) in [5.74, 6) is -0.0597. The van der Waals surface area contributed by atoms with Gasteiger partial charge in [-0.1, -0.05) is 0 Å². The molecule has 1 rings (SSSR count). The van der Waals surface area contributed by atoms with Gasteiger partial charge in [0.1, 0.15) is 6.54 Å². The lowest BCUT2D eigenvalue weighted by Crippen LogP contribution is -2.42. The van der Waals surface area contributed by atoms with E-state index in [-0.39, 0.29) is 18.0 Å². The number of hydrogen-bond donors (Lipinski definition) is 1. The number of nitrogens with one attached hydrogen (secondary N) is 1. The molecule has 0 saturated carbocycles. The van der Waals surface area contributed by atoms with E-state index in [0.717, 1.165) is 6.29 Å². The van der Waals surface area contributed by atoms with Gasteiger partial charge in [0.2, 0.25) is 5.91 Å². The van der Waals surface area contributed by atoms with E-state index in [1.807, 2.05) is 20.8 Å². The van der Waals surface area contributed by atoms with Gasteiger partial charge in [0.25, 0.3) is 0 Å². The van der Waals surface area contributed by atoms with E-state index in [1.165, 1.54) is 0 Å². The SMILES string of the molecule is CC(C)(C)NC(=O)Cn1ccc(C=O)c1. The molecule has 0 spiro atoms. The summed E-state index contributed by atoms with van der Waals surface area (Å²) in [6.45, 7) is 6.03. The highest BCUT2D eigenvalue weighted by molar-refractivity contribution is 5.77. The van der Waals surface area contributed by atoms with Crippen molar-refractivity contribution in [2.24, 2.45) is 0 Å². The molecule has 1 amide bonds. The number of rotatable bonds is 3. The molecule has 0 radical (unpaired) electrons. The lowest BCUT2D eigenvalue weighted by molar-refractivity contribution is -0.123. The maximum absolute atomic E-state index is 11.5. The van der Waals surface area contributed by atoms with Crippen LogP contribution in [0.2, 0.25) is 0 Å². The monoisotopic (exact) mass is 208 g/mol. The summed E-state index contributed by atoms with van der Waals surface area (Å²) in [5.41, 5.74) is 0.358. The number of carbonyl (C=O) groups is 2. The van der Waals surface area contributed by atoms with E-state index in [9.17, 15) is 9.59 Å². The van der Waals surface area contributed by atoms with E-state index < -0.39 is 0 Å². The van der Waals surface area contributed by atoms with Crippen molar-refractivity contribution >= 4 is 12.2 Å². The van der Waals surface area contributed by atoms with Crippen LogP contribution in [-0.4, -0.2) is 22.3 Å². The molecule has 82 valence electrons. The lowest BCUT2D eigenvalue weighted by Gasteiger charge is -2.20. The molecule has 0 aromatic carbocycles. The van der Waals surface area contributed by atoms with Crippen molar-refractivity contribution in [1.29, 1.82) is 0 Å². The second-order valence-corrected chi connectivity index (χ2v) is 4.53. The fraction of sp³-hybridized carbons (Fsp3) is 0.455. The zero-order valence-corrected chi connectivity index (χ0v) is 9.28. The minimum absolute atomic E-state index is 0.0597. The molecule has 15 heavy (non-hydrogen) atoms. The number of amides is 1. The predicted molar refractivity (Wildman–Crippen MR) is 57.7 cm³/mol. The van der Waals surface area contributed by atoms with Gasteiger partial charge in [-0.05, 0) is 26.8 Å². The summed E-state index contributed by atoms with van der Waals surface area (Å²) in [4.78, 5) is 21.9. The van der Waals surface area contributed by atoms with E-state index in [4.69, 9.17) is 0 Å². The highest BCUT2D eigenvalue weighted by Gasteiger charge is 2.13. The Labute approximate surface area is 89.3 Å². The number of nitrogens with zero attached hydrogens (tertiary/aromatic N) is 1. The Hall–Kier alpha value is -1.58. The van der Waals surface area contributed by atoms with Gasteiger partial charge in [-0.2, -0.15) is 0 Å². The maximum Gasteiger partial charge on any atom is 0.240 e. The molecule has 0 bridgehead atoms. The Bertz CT molecular complexity index is 361. The normalized spacial score (nSPS) is 11.1. The Morgan fingerprint density at radius 3 is 2.67 bits per heavy atom. The Kier molecular flexibility index (Phi) is 3.29. The van der Waals surface area contributed by atoms with Crippen LogP contribution < -0.4 is 5.32 Å². The van der Waals surface area contributed by atoms with E-state index in [0.29, 0.717) is 5.56 Å². The molecule has 0 fully saturated rings. The van der Waals surface area contributed by atoms with Crippen molar-refractivity contribution in [1.82, 2.24) is 9.88 Å². The third-order valence-electron chi connectivity index (χ3n) is 1.75. The predicted octanol–water partition coefficient (Wildman–Crippen LogP) is 1.22. The lowest BCUT2D eigenvalue weighted by atomic mass is 10.1. The topological polar surface area (TPSA) is 51.1 Å². The van der Waals surface area contributed by atoms with Crippen LogP contribution in [0.15, 0.2) is 18.5 Å². The van der Waals surface area contributed by atoms with Crippen LogP contribution in [0.1, 0.15) is 31.1 Å². The van der Waals surface area contributed by atoms with Crippen LogP contribution in [0, 0.1) is 0 Å². The highest BCUT2D eigenvalue weighted by Crippen LogP contribution is 2.01. The second-order valence-electron chi connectivity index (χ2n) is 4.53. The summed E-state index contributed by atoms with van der Waals surface area (Å²) in [5, 5.41) is 2.85. The van der Waals surface area contributed by atoms with E-state index >= 15 is 0 Å². The molecule has 0 atom stereocenters. The fourth-order valence-corrected chi connectivity index (χ4v) is 1.25. The first kappa shape index (κ1) is 11.5. The minimum atomic E-state index is -0.224. The molecule has 4 heteroatoms. The third-order valence-corrected chi connectivity index (χ3v) is 1.75. The molecular weight excluding hydrogens is 192 g/mol. The van der Waals surface area contributed by atoms with Crippen LogP contribution in [0.4, 0.5) is 0 Å². The summed E-state index contributed by atoms with van der Waals surface area (Å²) < 4.78 is 1.69. The first-order valence-corrected chi connectivity index (χ1v) is 4.83. The second kappa shape index (κ2) is 4.29. The summed E-state index contributed by atoms with van der Waals surface area (Å²) >= 11 is 0. The summed E-state index contributed by atoms with van der Waals surface area (Å²) in [6.07, 6.45) is 4.12. The molecule has 0 aliphatic carbocycles. The van der Waals surface area contributed by atoms with Crippen molar-refractivity contribution in [3.63, 3.8) is 0 Å². The molecule has 0 saturated heterocycles. The molecule has 1 aromatic rings. The zero-order chi connectivity index (χ0) is 11.5. The molecule has 1 aromatic heterocycles. The van der Waals surface area contributed by atoms with Crippen molar-refractivity contribution in [2.45, 2.75) is 32.9 Å². The smallest absolute Gasteiger partial charge is 0.240 e. The molecule has 1 heterocycles. The molecule has 0 aliphatic rings. The molecule has 0 aliphatic heterocycles. The fourth-order valence-electron chi connectivity index (χ4n) is 1.25. The Morgan fingerprint density at radius 1 is 1.53 bits per heavy atom.